The van der Waals surface area contributed by atoms with E-state index in [0.717, 1.165) is 0 Å². The van der Waals surface area contributed by atoms with Crippen molar-refractivity contribution in [3.63, 3.8) is 0 Å². The van der Waals surface area contributed by atoms with Gasteiger partial charge in [0.05, 0.1) is 5.41 Å². The SMILES string of the molecule is O=C(O)CNC(=O)C1=C(O)C2(CCOCC2)c2c(Cl)cccc2C1=O. The van der Waals surface area contributed by atoms with Crippen molar-refractivity contribution >= 4 is 29.3 Å². The summed E-state index contributed by atoms with van der Waals surface area (Å²) < 4.78 is 5.36. The first-order valence-corrected chi connectivity index (χ1v) is 8.11. The highest BCUT2D eigenvalue weighted by atomic mass is 35.5. The van der Waals surface area contributed by atoms with E-state index in [1.165, 1.54) is 0 Å². The Morgan fingerprint density at radius 2 is 1.96 bits per heavy atom. The number of carbonyl (C=O) groups excluding carboxylic acids is 2. The summed E-state index contributed by atoms with van der Waals surface area (Å²) in [4.78, 5) is 35.8. The number of ether oxygens (including phenoxy) is 1. The third-order valence-corrected chi connectivity index (χ3v) is 4.94. The number of carboxylic acids is 1. The molecule has 7 nitrogen and oxygen atoms in total. The van der Waals surface area contributed by atoms with Gasteiger partial charge in [-0.15, -0.1) is 0 Å². The van der Waals surface area contributed by atoms with Gasteiger partial charge in [-0.05, 0) is 24.5 Å². The molecule has 2 aliphatic rings. The van der Waals surface area contributed by atoms with Crippen LogP contribution in [-0.4, -0.2) is 47.6 Å². The minimum absolute atomic E-state index is 0.243. The largest absolute Gasteiger partial charge is 0.510 e. The first kappa shape index (κ1) is 17.4. The number of nitrogens with one attached hydrogen (secondary N) is 1. The monoisotopic (exact) mass is 365 g/mol. The number of carbonyl (C=O) groups is 3. The Bertz CT molecular complexity index is 794. The topological polar surface area (TPSA) is 113 Å². The fraction of sp³-hybridized carbons (Fsp3) is 0.353. The third kappa shape index (κ3) is 2.79. The zero-order chi connectivity index (χ0) is 18.2. The Morgan fingerprint density at radius 1 is 1.28 bits per heavy atom. The van der Waals surface area contributed by atoms with Crippen molar-refractivity contribution in [3.05, 3.63) is 45.7 Å². The number of ketones is 1. The number of fused-ring (bicyclic) bond motifs is 2. The molecule has 1 aliphatic heterocycles. The van der Waals surface area contributed by atoms with Crippen molar-refractivity contribution in [2.24, 2.45) is 0 Å². The van der Waals surface area contributed by atoms with Crippen molar-refractivity contribution in [2.45, 2.75) is 18.3 Å². The number of hydrogen-bond donors (Lipinski definition) is 3. The van der Waals surface area contributed by atoms with E-state index in [4.69, 9.17) is 21.4 Å². The van der Waals surface area contributed by atoms with E-state index in [1.54, 1.807) is 18.2 Å². The number of hydrogen-bond acceptors (Lipinski definition) is 5. The number of aliphatic hydroxyl groups excluding tert-OH is 1. The average molecular weight is 366 g/mol. The fourth-order valence-electron chi connectivity index (χ4n) is 3.46. The van der Waals surface area contributed by atoms with Gasteiger partial charge in [-0.3, -0.25) is 14.4 Å². The van der Waals surface area contributed by atoms with Crippen LogP contribution in [-0.2, 0) is 19.7 Å². The maximum absolute atomic E-state index is 12.8. The van der Waals surface area contributed by atoms with Crippen LogP contribution in [0.4, 0.5) is 0 Å². The number of allylic oxidation sites excluding steroid dienone is 1. The van der Waals surface area contributed by atoms with Gasteiger partial charge in [-0.25, -0.2) is 0 Å². The number of aliphatic hydroxyl groups is 1. The number of carboxylic acid groups (broad SMARTS) is 1. The van der Waals surface area contributed by atoms with E-state index >= 15 is 0 Å². The van der Waals surface area contributed by atoms with Gasteiger partial charge in [0.1, 0.15) is 17.9 Å². The second kappa shape index (κ2) is 6.50. The van der Waals surface area contributed by atoms with Gasteiger partial charge in [0.2, 0.25) is 5.78 Å². The molecule has 0 saturated carbocycles. The lowest BCUT2D eigenvalue weighted by atomic mass is 9.65. The molecule has 3 rings (SSSR count). The molecule has 1 aromatic rings. The van der Waals surface area contributed by atoms with Crippen LogP contribution in [0.15, 0.2) is 29.5 Å². The van der Waals surface area contributed by atoms with Crippen molar-refractivity contribution in [1.82, 2.24) is 5.32 Å². The molecule has 1 aromatic carbocycles. The van der Waals surface area contributed by atoms with E-state index < -0.39 is 35.2 Å². The molecule has 0 unspecified atom stereocenters. The lowest BCUT2D eigenvalue weighted by Gasteiger charge is -2.41. The number of rotatable bonds is 3. The molecular formula is C17H16ClNO6. The molecule has 1 heterocycles. The number of aliphatic carboxylic acids is 1. The summed E-state index contributed by atoms with van der Waals surface area (Å²) in [6, 6.07) is 4.78. The van der Waals surface area contributed by atoms with Crippen molar-refractivity contribution in [1.29, 1.82) is 0 Å². The van der Waals surface area contributed by atoms with Crippen LogP contribution in [0.2, 0.25) is 5.02 Å². The van der Waals surface area contributed by atoms with E-state index in [0.29, 0.717) is 36.6 Å². The molecule has 25 heavy (non-hydrogen) atoms. The second-order valence-electron chi connectivity index (χ2n) is 5.99. The minimum Gasteiger partial charge on any atom is -0.510 e. The van der Waals surface area contributed by atoms with Gasteiger partial charge in [0, 0.05) is 23.8 Å². The van der Waals surface area contributed by atoms with Gasteiger partial charge < -0.3 is 20.3 Å². The molecule has 132 valence electrons. The average Bonchev–Trinajstić information content (AvgIpc) is 2.59. The van der Waals surface area contributed by atoms with E-state index in [2.05, 4.69) is 5.32 Å². The van der Waals surface area contributed by atoms with Crippen molar-refractivity contribution < 1.29 is 29.3 Å². The van der Waals surface area contributed by atoms with Crippen molar-refractivity contribution in [3.8, 4) is 0 Å². The lowest BCUT2D eigenvalue weighted by Crippen LogP contribution is -2.45. The Kier molecular flexibility index (Phi) is 4.53. The maximum atomic E-state index is 12.8. The molecule has 1 aliphatic carbocycles. The van der Waals surface area contributed by atoms with Crippen LogP contribution in [0.3, 0.4) is 0 Å². The smallest absolute Gasteiger partial charge is 0.322 e. The molecule has 1 fully saturated rings. The van der Waals surface area contributed by atoms with Crippen LogP contribution in [0.1, 0.15) is 28.8 Å². The summed E-state index contributed by atoms with van der Waals surface area (Å²) >= 11 is 6.32. The van der Waals surface area contributed by atoms with Gasteiger partial charge >= 0.3 is 5.97 Å². The van der Waals surface area contributed by atoms with Gasteiger partial charge in [0.15, 0.2) is 0 Å². The summed E-state index contributed by atoms with van der Waals surface area (Å²) in [6.45, 7) is 0.0291. The summed E-state index contributed by atoms with van der Waals surface area (Å²) in [5, 5.41) is 22.1. The fourth-order valence-corrected chi connectivity index (χ4v) is 3.82. The summed E-state index contributed by atoms with van der Waals surface area (Å²) in [7, 11) is 0. The highest BCUT2D eigenvalue weighted by Crippen LogP contribution is 2.49. The van der Waals surface area contributed by atoms with E-state index in [-0.39, 0.29) is 11.3 Å². The predicted molar refractivity (Wildman–Crippen MR) is 87.8 cm³/mol. The summed E-state index contributed by atoms with van der Waals surface area (Å²) in [5.74, 6) is -3.21. The quantitative estimate of drug-likeness (QED) is 0.701. The molecule has 1 saturated heterocycles. The van der Waals surface area contributed by atoms with Gasteiger partial charge in [-0.2, -0.15) is 0 Å². The Hall–Kier alpha value is -2.38. The molecule has 3 N–H and O–H groups in total. The van der Waals surface area contributed by atoms with Crippen LogP contribution in [0.5, 0.6) is 0 Å². The highest BCUT2D eigenvalue weighted by Gasteiger charge is 2.49. The van der Waals surface area contributed by atoms with Crippen LogP contribution in [0.25, 0.3) is 0 Å². The highest BCUT2D eigenvalue weighted by molar-refractivity contribution is 6.34. The maximum Gasteiger partial charge on any atom is 0.322 e. The Balaban J connectivity index is 2.16. The van der Waals surface area contributed by atoms with E-state index in [1.807, 2.05) is 0 Å². The zero-order valence-electron chi connectivity index (χ0n) is 13.2. The normalized spacial score (nSPS) is 18.8. The Labute approximate surface area is 148 Å². The number of Topliss-reactive ketones (excluding diaryl/α,β-unsaturated/α-hetero) is 1. The molecule has 1 spiro atoms. The molecule has 0 atom stereocenters. The first-order chi connectivity index (χ1) is 11.9. The first-order valence-electron chi connectivity index (χ1n) is 7.73. The summed E-state index contributed by atoms with van der Waals surface area (Å²) in [5.41, 5.74) is -0.682. The van der Waals surface area contributed by atoms with Crippen molar-refractivity contribution in [2.75, 3.05) is 19.8 Å². The molecule has 0 aromatic heterocycles. The molecule has 1 amide bonds. The van der Waals surface area contributed by atoms with Crippen LogP contribution in [0, 0.1) is 0 Å². The number of amides is 1. The molecular weight excluding hydrogens is 350 g/mol. The zero-order valence-corrected chi connectivity index (χ0v) is 13.9. The van der Waals surface area contributed by atoms with Gasteiger partial charge in [-0.1, -0.05) is 23.7 Å². The van der Waals surface area contributed by atoms with Crippen LogP contribution < -0.4 is 5.32 Å². The number of halogens is 1. The van der Waals surface area contributed by atoms with Gasteiger partial charge in [0.25, 0.3) is 5.91 Å². The predicted octanol–water partition coefficient (Wildman–Crippen LogP) is 1.60. The summed E-state index contributed by atoms with van der Waals surface area (Å²) in [6.07, 6.45) is 0.719. The molecule has 8 heteroatoms. The third-order valence-electron chi connectivity index (χ3n) is 4.63. The minimum atomic E-state index is -1.25. The van der Waals surface area contributed by atoms with E-state index in [9.17, 15) is 19.5 Å². The Morgan fingerprint density at radius 3 is 2.60 bits per heavy atom. The standard InChI is InChI=1S/C17H16ClNO6/c18-10-3-1-2-9-13(10)17(4-6-25-7-5-17)15(23)12(14(9)22)16(24)19-8-11(20)21/h1-3,23H,4-8H2,(H,19,24)(H,20,21). The second-order valence-corrected chi connectivity index (χ2v) is 6.39. The van der Waals surface area contributed by atoms with Crippen LogP contribution >= 0.6 is 11.6 Å². The number of benzene rings is 1. The lowest BCUT2D eigenvalue weighted by molar-refractivity contribution is -0.137. The molecule has 0 radical (unpaired) electrons. The molecule has 0 bridgehead atoms.